The predicted octanol–water partition coefficient (Wildman–Crippen LogP) is 5.38. The van der Waals surface area contributed by atoms with Gasteiger partial charge in [0, 0.05) is 16.3 Å². The Morgan fingerprint density at radius 3 is 2.50 bits per heavy atom. The quantitative estimate of drug-likeness (QED) is 0.261. The van der Waals surface area contributed by atoms with E-state index in [0.29, 0.717) is 22.0 Å². The number of para-hydroxylation sites is 1. The van der Waals surface area contributed by atoms with E-state index in [1.807, 2.05) is 6.07 Å². The van der Waals surface area contributed by atoms with Crippen molar-refractivity contribution < 1.29 is 17.6 Å². The lowest BCUT2D eigenvalue weighted by molar-refractivity contribution is -0.113. The number of thioether (sulfide) groups is 1. The SMILES string of the molecule is O=C(CSc1ncc2c(n1)-c1ccccc1N(Cc1ccc(Cl)cc1)S2(=O)=O)Nc1ccc(F)cc1. The van der Waals surface area contributed by atoms with Crippen LogP contribution >= 0.6 is 23.4 Å². The van der Waals surface area contributed by atoms with Crippen LogP contribution in [0.2, 0.25) is 5.02 Å². The van der Waals surface area contributed by atoms with Crippen molar-refractivity contribution in [2.24, 2.45) is 0 Å². The van der Waals surface area contributed by atoms with Crippen LogP contribution in [0.1, 0.15) is 5.56 Å². The molecule has 0 fully saturated rings. The predicted molar refractivity (Wildman–Crippen MR) is 138 cm³/mol. The highest BCUT2D eigenvalue weighted by atomic mass is 35.5. The number of sulfonamides is 1. The Kier molecular flexibility index (Phi) is 6.65. The number of hydrogen-bond donors (Lipinski definition) is 1. The fourth-order valence-electron chi connectivity index (χ4n) is 3.73. The van der Waals surface area contributed by atoms with Crippen molar-refractivity contribution in [3.63, 3.8) is 0 Å². The minimum Gasteiger partial charge on any atom is -0.325 e. The summed E-state index contributed by atoms with van der Waals surface area (Å²) < 4.78 is 41.5. The molecule has 11 heteroatoms. The Morgan fingerprint density at radius 2 is 1.75 bits per heavy atom. The van der Waals surface area contributed by atoms with E-state index in [4.69, 9.17) is 11.6 Å². The molecule has 7 nitrogen and oxygen atoms in total. The van der Waals surface area contributed by atoms with Crippen molar-refractivity contribution in [2.45, 2.75) is 16.6 Å². The van der Waals surface area contributed by atoms with Crippen molar-refractivity contribution in [2.75, 3.05) is 15.4 Å². The zero-order valence-corrected chi connectivity index (χ0v) is 20.9. The maximum atomic E-state index is 13.6. The van der Waals surface area contributed by atoms with Crippen LogP contribution in [0.25, 0.3) is 11.3 Å². The van der Waals surface area contributed by atoms with Crippen molar-refractivity contribution in [3.8, 4) is 11.3 Å². The second-order valence-electron chi connectivity index (χ2n) is 7.86. The molecular formula is C25H18ClFN4O3S2. The number of halogens is 2. The molecule has 1 amide bonds. The van der Waals surface area contributed by atoms with Gasteiger partial charge in [0.1, 0.15) is 10.7 Å². The van der Waals surface area contributed by atoms with E-state index in [9.17, 15) is 17.6 Å². The number of anilines is 2. The van der Waals surface area contributed by atoms with Gasteiger partial charge in [0.05, 0.1) is 29.9 Å². The molecule has 0 atom stereocenters. The normalized spacial score (nSPS) is 13.6. The van der Waals surface area contributed by atoms with E-state index in [0.717, 1.165) is 17.3 Å². The molecule has 0 saturated heterocycles. The number of aromatic nitrogens is 2. The molecular weight excluding hydrogens is 523 g/mol. The Balaban J connectivity index is 1.40. The Hall–Kier alpha value is -3.47. The van der Waals surface area contributed by atoms with Crippen LogP contribution in [0.4, 0.5) is 15.8 Å². The second-order valence-corrected chi connectivity index (χ2v) is 11.1. The molecule has 0 radical (unpaired) electrons. The van der Waals surface area contributed by atoms with Gasteiger partial charge in [0.25, 0.3) is 10.0 Å². The van der Waals surface area contributed by atoms with Gasteiger partial charge in [-0.25, -0.2) is 22.8 Å². The lowest BCUT2D eigenvalue weighted by atomic mass is 10.1. The average molecular weight is 541 g/mol. The van der Waals surface area contributed by atoms with Crippen molar-refractivity contribution in [1.29, 1.82) is 0 Å². The van der Waals surface area contributed by atoms with E-state index >= 15 is 0 Å². The molecule has 0 spiro atoms. The number of carbonyl (C=O) groups excluding carboxylic acids is 1. The summed E-state index contributed by atoms with van der Waals surface area (Å²) in [5, 5.41) is 3.50. The van der Waals surface area contributed by atoms with Crippen LogP contribution in [0.3, 0.4) is 0 Å². The maximum Gasteiger partial charge on any atom is 0.268 e. The van der Waals surface area contributed by atoms with E-state index in [1.165, 1.54) is 34.8 Å². The number of hydrogen-bond acceptors (Lipinski definition) is 6. The van der Waals surface area contributed by atoms with E-state index < -0.39 is 15.8 Å². The smallest absolute Gasteiger partial charge is 0.268 e. The number of rotatable bonds is 6. The summed E-state index contributed by atoms with van der Waals surface area (Å²) in [6, 6.07) is 19.5. The molecule has 1 aromatic heterocycles. The molecule has 36 heavy (non-hydrogen) atoms. The molecule has 0 bridgehead atoms. The number of benzene rings is 3. The van der Waals surface area contributed by atoms with Gasteiger partial charge in [-0.05, 0) is 48.0 Å². The first-order valence-electron chi connectivity index (χ1n) is 10.7. The molecule has 1 aliphatic heterocycles. The van der Waals surface area contributed by atoms with Gasteiger partial charge in [-0.2, -0.15) is 0 Å². The highest BCUT2D eigenvalue weighted by Crippen LogP contribution is 2.42. The summed E-state index contributed by atoms with van der Waals surface area (Å²) in [6.45, 7) is 0.121. The van der Waals surface area contributed by atoms with E-state index in [2.05, 4.69) is 15.3 Å². The fourth-order valence-corrected chi connectivity index (χ4v) is 6.03. The van der Waals surface area contributed by atoms with E-state index in [1.54, 1.807) is 42.5 Å². The third-order valence-corrected chi connectivity index (χ3v) is 8.30. The molecule has 0 aliphatic carbocycles. The monoisotopic (exact) mass is 540 g/mol. The molecule has 1 aliphatic rings. The van der Waals surface area contributed by atoms with Gasteiger partial charge in [-0.15, -0.1) is 0 Å². The van der Waals surface area contributed by atoms with Crippen LogP contribution in [0, 0.1) is 5.82 Å². The lowest BCUT2D eigenvalue weighted by Crippen LogP contribution is -2.34. The highest BCUT2D eigenvalue weighted by molar-refractivity contribution is 7.99. The van der Waals surface area contributed by atoms with Crippen LogP contribution < -0.4 is 9.62 Å². The zero-order valence-electron chi connectivity index (χ0n) is 18.6. The molecule has 182 valence electrons. The van der Waals surface area contributed by atoms with Crippen LogP contribution in [0.15, 0.2) is 89.0 Å². The summed E-state index contributed by atoms with van der Waals surface area (Å²) in [6.07, 6.45) is 1.28. The zero-order chi connectivity index (χ0) is 25.3. The van der Waals surface area contributed by atoms with Gasteiger partial charge in [-0.1, -0.05) is 53.7 Å². The Morgan fingerprint density at radius 1 is 1.03 bits per heavy atom. The van der Waals surface area contributed by atoms with Crippen LogP contribution in [0.5, 0.6) is 0 Å². The average Bonchev–Trinajstić information content (AvgIpc) is 2.88. The first-order valence-corrected chi connectivity index (χ1v) is 13.5. The fraction of sp³-hybridized carbons (Fsp3) is 0.0800. The lowest BCUT2D eigenvalue weighted by Gasteiger charge is -2.31. The van der Waals surface area contributed by atoms with Crippen LogP contribution in [-0.2, 0) is 21.4 Å². The topological polar surface area (TPSA) is 92.3 Å². The Labute approximate surface area is 216 Å². The molecule has 4 aromatic rings. The number of fused-ring (bicyclic) bond motifs is 3. The molecule has 2 heterocycles. The molecule has 0 saturated carbocycles. The third kappa shape index (κ3) is 4.92. The van der Waals surface area contributed by atoms with Crippen molar-refractivity contribution >= 4 is 50.7 Å². The van der Waals surface area contributed by atoms with Crippen molar-refractivity contribution in [3.05, 3.63) is 95.4 Å². The first-order chi connectivity index (χ1) is 17.3. The Bertz CT molecular complexity index is 1550. The minimum atomic E-state index is -3.94. The summed E-state index contributed by atoms with van der Waals surface area (Å²) >= 11 is 7.05. The number of amides is 1. The number of carbonyl (C=O) groups is 1. The van der Waals surface area contributed by atoms with Gasteiger partial charge < -0.3 is 5.32 Å². The van der Waals surface area contributed by atoms with Crippen LogP contribution in [-0.4, -0.2) is 30.0 Å². The second kappa shape index (κ2) is 9.88. The highest BCUT2D eigenvalue weighted by Gasteiger charge is 2.36. The van der Waals surface area contributed by atoms with Gasteiger partial charge >= 0.3 is 0 Å². The molecule has 0 unspecified atom stereocenters. The summed E-state index contributed by atoms with van der Waals surface area (Å²) in [4.78, 5) is 21.0. The summed E-state index contributed by atoms with van der Waals surface area (Å²) in [5.41, 5.74) is 2.69. The molecule has 3 aromatic carbocycles. The maximum absolute atomic E-state index is 13.6. The molecule has 5 rings (SSSR count). The van der Waals surface area contributed by atoms with E-state index in [-0.39, 0.29) is 34.0 Å². The van der Waals surface area contributed by atoms with Gasteiger partial charge in [0.15, 0.2) is 5.16 Å². The summed E-state index contributed by atoms with van der Waals surface area (Å²) in [5.74, 6) is -0.727. The molecule has 1 N–H and O–H groups in total. The first kappa shape index (κ1) is 24.2. The summed E-state index contributed by atoms with van der Waals surface area (Å²) in [7, 11) is -3.94. The van der Waals surface area contributed by atoms with Gasteiger partial charge in [-0.3, -0.25) is 9.10 Å². The minimum absolute atomic E-state index is 0.00437. The van der Waals surface area contributed by atoms with Crippen molar-refractivity contribution in [1.82, 2.24) is 9.97 Å². The largest absolute Gasteiger partial charge is 0.325 e. The number of nitrogens with zero attached hydrogens (tertiary/aromatic N) is 3. The van der Waals surface area contributed by atoms with Gasteiger partial charge in [0.2, 0.25) is 5.91 Å². The number of nitrogens with one attached hydrogen (secondary N) is 1. The third-order valence-electron chi connectivity index (χ3n) is 5.43. The standard InChI is InChI=1S/C25H18ClFN4O3S2/c26-17-7-5-16(6-8-17)14-31-21-4-2-1-3-20(21)24-22(36(31,33)34)13-28-25(30-24)35-15-23(32)29-19-11-9-18(27)10-12-19/h1-13H,14-15H2,(H,29,32).